The van der Waals surface area contributed by atoms with Crippen molar-refractivity contribution in [3.8, 4) is 11.3 Å². The Morgan fingerprint density at radius 3 is 3.05 bits per heavy atom. The fourth-order valence-electron chi connectivity index (χ4n) is 2.14. The van der Waals surface area contributed by atoms with Crippen LogP contribution in [0.25, 0.3) is 11.3 Å². The molecule has 0 radical (unpaired) electrons. The molecule has 1 aliphatic rings. The Morgan fingerprint density at radius 1 is 1.42 bits per heavy atom. The first-order valence-electron chi connectivity index (χ1n) is 5.75. The lowest BCUT2D eigenvalue weighted by Crippen LogP contribution is -2.24. The molecule has 3 rings (SSSR count). The molecule has 5 nitrogen and oxygen atoms in total. The molecule has 0 aromatic carbocycles. The van der Waals surface area contributed by atoms with Gasteiger partial charge in [0.15, 0.2) is 0 Å². The van der Waals surface area contributed by atoms with Gasteiger partial charge < -0.3 is 10.7 Å². The van der Waals surface area contributed by atoms with Crippen LogP contribution in [0.3, 0.4) is 0 Å². The summed E-state index contributed by atoms with van der Waals surface area (Å²) in [6, 6.07) is 5.43. The fourth-order valence-corrected chi connectivity index (χ4v) is 3.12. The van der Waals surface area contributed by atoms with Gasteiger partial charge in [0.1, 0.15) is 5.56 Å². The van der Waals surface area contributed by atoms with Crippen LogP contribution in [0.1, 0.15) is 21.6 Å². The third-order valence-electron chi connectivity index (χ3n) is 3.04. The van der Waals surface area contributed by atoms with E-state index in [0.29, 0.717) is 5.75 Å². The summed E-state index contributed by atoms with van der Waals surface area (Å²) in [7, 11) is 0. The number of primary amides is 1. The van der Waals surface area contributed by atoms with Gasteiger partial charge in [0.05, 0.1) is 5.69 Å². The number of rotatable bonds is 1. The van der Waals surface area contributed by atoms with Crippen LogP contribution >= 0.6 is 11.8 Å². The number of aromatic amines is 1. The van der Waals surface area contributed by atoms with E-state index in [1.54, 1.807) is 24.0 Å². The second kappa shape index (κ2) is 4.55. The van der Waals surface area contributed by atoms with Crippen LogP contribution in [0.2, 0.25) is 0 Å². The Bertz CT molecular complexity index is 724. The lowest BCUT2D eigenvalue weighted by Gasteiger charge is -2.08. The van der Waals surface area contributed by atoms with Gasteiger partial charge in [0, 0.05) is 29.0 Å². The van der Waals surface area contributed by atoms with Crippen molar-refractivity contribution in [2.45, 2.75) is 11.5 Å². The van der Waals surface area contributed by atoms with E-state index in [-0.39, 0.29) is 5.56 Å². The summed E-state index contributed by atoms with van der Waals surface area (Å²) in [5.41, 5.74) is 8.23. The average Bonchev–Trinajstić information content (AvgIpc) is 2.56. The molecule has 0 unspecified atom stereocenters. The van der Waals surface area contributed by atoms with E-state index < -0.39 is 11.5 Å². The van der Waals surface area contributed by atoms with Gasteiger partial charge in [-0.1, -0.05) is 6.07 Å². The minimum Gasteiger partial charge on any atom is -0.365 e. The van der Waals surface area contributed by atoms with Gasteiger partial charge >= 0.3 is 0 Å². The summed E-state index contributed by atoms with van der Waals surface area (Å²) >= 11 is 1.70. The Morgan fingerprint density at radius 2 is 2.26 bits per heavy atom. The highest BCUT2D eigenvalue weighted by Crippen LogP contribution is 2.33. The van der Waals surface area contributed by atoms with E-state index in [1.165, 1.54) is 0 Å². The Kier molecular flexibility index (Phi) is 2.87. The number of hydrogen-bond acceptors (Lipinski definition) is 4. The normalized spacial score (nSPS) is 13.3. The second-order valence-corrected chi connectivity index (χ2v) is 5.26. The molecule has 0 aliphatic carbocycles. The highest BCUT2D eigenvalue weighted by molar-refractivity contribution is 7.97. The third kappa shape index (κ3) is 2.04. The van der Waals surface area contributed by atoms with Crippen molar-refractivity contribution in [2.75, 3.05) is 0 Å². The minimum atomic E-state index is -0.724. The standard InChI is InChI=1S/C13H11N3O2S/c14-12(17)9-4-8-10(16-13(9)18)6-19-5-7-2-1-3-15-11(7)8/h1-4H,5-6H2,(H2,14,17)(H,16,18). The third-order valence-corrected chi connectivity index (χ3v) is 4.05. The van der Waals surface area contributed by atoms with E-state index in [2.05, 4.69) is 9.97 Å². The number of hydrogen-bond donors (Lipinski definition) is 2. The van der Waals surface area contributed by atoms with Crippen LogP contribution in [0.5, 0.6) is 0 Å². The van der Waals surface area contributed by atoms with Crippen LogP contribution in [-0.4, -0.2) is 15.9 Å². The highest BCUT2D eigenvalue weighted by Gasteiger charge is 2.19. The number of pyridine rings is 2. The summed E-state index contributed by atoms with van der Waals surface area (Å²) in [6.07, 6.45) is 1.70. The maximum absolute atomic E-state index is 11.8. The highest BCUT2D eigenvalue weighted by atomic mass is 32.2. The predicted molar refractivity (Wildman–Crippen MR) is 73.8 cm³/mol. The number of nitrogens with zero attached hydrogens (tertiary/aromatic N) is 1. The van der Waals surface area contributed by atoms with Crippen molar-refractivity contribution < 1.29 is 4.79 Å². The number of aromatic nitrogens is 2. The van der Waals surface area contributed by atoms with E-state index in [1.807, 2.05) is 12.1 Å². The molecule has 0 fully saturated rings. The Hall–Kier alpha value is -2.08. The first-order chi connectivity index (χ1) is 9.16. The number of carbonyl (C=O) groups is 1. The van der Waals surface area contributed by atoms with Crippen molar-refractivity contribution in [1.82, 2.24) is 9.97 Å². The smallest absolute Gasteiger partial charge is 0.261 e. The predicted octanol–water partition coefficient (Wildman–Crippen LogP) is 1.28. The molecule has 2 aromatic rings. The fraction of sp³-hybridized carbons (Fsp3) is 0.154. The molecule has 0 atom stereocenters. The summed E-state index contributed by atoms with van der Waals surface area (Å²) in [6.45, 7) is 0. The lowest BCUT2D eigenvalue weighted by molar-refractivity contribution is 0.0999. The molecule has 3 heterocycles. The first-order valence-corrected chi connectivity index (χ1v) is 6.90. The minimum absolute atomic E-state index is 0.0257. The SMILES string of the molecule is NC(=O)c1cc2c([nH]c1=O)CSCc1cccnc1-2. The van der Waals surface area contributed by atoms with E-state index in [0.717, 1.165) is 28.3 Å². The largest absolute Gasteiger partial charge is 0.365 e. The first kappa shape index (κ1) is 12.0. The van der Waals surface area contributed by atoms with Gasteiger partial charge in [-0.15, -0.1) is 0 Å². The number of amides is 1. The van der Waals surface area contributed by atoms with Gasteiger partial charge in [-0.25, -0.2) is 0 Å². The molecular weight excluding hydrogens is 262 g/mol. The number of nitrogens with two attached hydrogens (primary N) is 1. The number of carbonyl (C=O) groups excluding carboxylic acids is 1. The van der Waals surface area contributed by atoms with Gasteiger partial charge in [0.25, 0.3) is 11.5 Å². The molecule has 0 bridgehead atoms. The molecular formula is C13H11N3O2S. The molecule has 1 amide bonds. The van der Waals surface area contributed by atoms with Gasteiger partial charge in [-0.05, 0) is 17.7 Å². The number of fused-ring (bicyclic) bond motifs is 3. The number of nitrogens with one attached hydrogen (secondary N) is 1. The maximum atomic E-state index is 11.8. The molecule has 6 heteroatoms. The monoisotopic (exact) mass is 273 g/mol. The molecule has 96 valence electrons. The van der Waals surface area contributed by atoms with Crippen molar-refractivity contribution in [3.05, 3.63) is 51.6 Å². The van der Waals surface area contributed by atoms with Crippen LogP contribution in [0, 0.1) is 0 Å². The molecule has 2 aromatic heterocycles. The average molecular weight is 273 g/mol. The van der Waals surface area contributed by atoms with Crippen LogP contribution in [0.4, 0.5) is 0 Å². The van der Waals surface area contributed by atoms with Gasteiger partial charge in [0.2, 0.25) is 0 Å². The van der Waals surface area contributed by atoms with E-state index >= 15 is 0 Å². The Labute approximate surface area is 113 Å². The van der Waals surface area contributed by atoms with Gasteiger partial charge in [-0.2, -0.15) is 11.8 Å². The molecule has 0 spiro atoms. The number of H-pyrrole nitrogens is 1. The molecule has 19 heavy (non-hydrogen) atoms. The van der Waals surface area contributed by atoms with Crippen LogP contribution in [-0.2, 0) is 11.5 Å². The lowest BCUT2D eigenvalue weighted by atomic mass is 10.0. The summed E-state index contributed by atoms with van der Waals surface area (Å²) in [5, 5.41) is 0. The molecule has 0 saturated heterocycles. The Balaban J connectivity index is 2.31. The van der Waals surface area contributed by atoms with Crippen LogP contribution < -0.4 is 11.3 Å². The summed E-state index contributed by atoms with van der Waals surface area (Å²) < 4.78 is 0. The van der Waals surface area contributed by atoms with Crippen LogP contribution in [0.15, 0.2) is 29.2 Å². The summed E-state index contributed by atoms with van der Waals surface area (Å²) in [5.74, 6) is 0.782. The van der Waals surface area contributed by atoms with E-state index in [4.69, 9.17) is 5.73 Å². The zero-order chi connectivity index (χ0) is 13.4. The zero-order valence-corrected chi connectivity index (χ0v) is 10.8. The van der Waals surface area contributed by atoms with Crippen molar-refractivity contribution in [1.29, 1.82) is 0 Å². The molecule has 3 N–H and O–H groups in total. The second-order valence-electron chi connectivity index (χ2n) is 4.27. The topological polar surface area (TPSA) is 88.8 Å². The quantitative estimate of drug-likeness (QED) is 0.819. The van der Waals surface area contributed by atoms with Crippen molar-refractivity contribution >= 4 is 17.7 Å². The van der Waals surface area contributed by atoms with Crippen molar-refractivity contribution in [3.63, 3.8) is 0 Å². The summed E-state index contributed by atoms with van der Waals surface area (Å²) in [4.78, 5) is 30.2. The van der Waals surface area contributed by atoms with Crippen molar-refractivity contribution in [2.24, 2.45) is 5.73 Å². The zero-order valence-electron chi connectivity index (χ0n) is 9.97. The number of thioether (sulfide) groups is 1. The maximum Gasteiger partial charge on any atom is 0.261 e. The van der Waals surface area contributed by atoms with Gasteiger partial charge in [-0.3, -0.25) is 14.6 Å². The molecule has 0 saturated carbocycles. The van der Waals surface area contributed by atoms with E-state index in [9.17, 15) is 9.59 Å². The molecule has 1 aliphatic heterocycles.